The zero-order valence-corrected chi connectivity index (χ0v) is 11.8. The zero-order valence-electron chi connectivity index (χ0n) is 11.8. The van der Waals surface area contributed by atoms with Gasteiger partial charge in [-0.15, -0.1) is 0 Å². The number of nitrogens with zero attached hydrogens (tertiary/aromatic N) is 1. The Labute approximate surface area is 118 Å². The largest absolute Gasteiger partial charge is 0.481 e. The lowest BCUT2D eigenvalue weighted by atomic mass is 9.84. The van der Waals surface area contributed by atoms with E-state index in [1.807, 2.05) is 24.6 Å². The number of aryl methyl sites for hydroxylation is 1. The molecule has 0 aliphatic heterocycles. The third-order valence-electron chi connectivity index (χ3n) is 5.10. The number of amides is 1. The molecule has 1 amide bonds. The van der Waals surface area contributed by atoms with Gasteiger partial charge in [0.05, 0.1) is 5.92 Å². The van der Waals surface area contributed by atoms with Gasteiger partial charge in [-0.3, -0.25) is 9.59 Å². The molecule has 3 rings (SSSR count). The second-order valence-corrected chi connectivity index (χ2v) is 6.12. The Hall–Kier alpha value is -1.78. The van der Waals surface area contributed by atoms with Crippen LogP contribution in [0, 0.1) is 24.7 Å². The number of hydrogen-bond donors (Lipinski definition) is 2. The number of aromatic nitrogens is 1. The van der Waals surface area contributed by atoms with Crippen molar-refractivity contribution in [3.8, 4) is 0 Å². The summed E-state index contributed by atoms with van der Waals surface area (Å²) < 4.78 is 1.83. The predicted octanol–water partition coefficient (Wildman–Crippen LogP) is 1.56. The maximum absolute atomic E-state index is 12.4. The van der Waals surface area contributed by atoms with Gasteiger partial charge in [0.15, 0.2) is 0 Å². The highest BCUT2D eigenvalue weighted by Gasteiger charge is 2.51. The van der Waals surface area contributed by atoms with Crippen LogP contribution in [-0.2, 0) is 11.8 Å². The van der Waals surface area contributed by atoms with E-state index in [0.717, 1.165) is 25.0 Å². The Morgan fingerprint density at radius 1 is 1.30 bits per heavy atom. The highest BCUT2D eigenvalue weighted by Crippen LogP contribution is 2.48. The van der Waals surface area contributed by atoms with E-state index in [1.165, 1.54) is 0 Å². The standard InChI is InChI=1S/C15H20N2O3/c1-8-3-6-11(17(8)2)14(18)16-13-10-5-4-9(7-10)12(13)15(19)20/h3,6,9-10,12-13H,4-5,7H2,1-2H3,(H,16,18)(H,19,20). The summed E-state index contributed by atoms with van der Waals surface area (Å²) in [5.41, 5.74) is 1.60. The molecule has 0 saturated heterocycles. The molecule has 0 radical (unpaired) electrons. The summed E-state index contributed by atoms with van der Waals surface area (Å²) in [4.78, 5) is 23.8. The highest BCUT2D eigenvalue weighted by molar-refractivity contribution is 5.93. The van der Waals surface area contributed by atoms with Crippen molar-refractivity contribution in [1.29, 1.82) is 0 Å². The average Bonchev–Trinajstić information content (AvgIpc) is 3.06. The van der Waals surface area contributed by atoms with Gasteiger partial charge in [-0.1, -0.05) is 0 Å². The van der Waals surface area contributed by atoms with Crippen LogP contribution < -0.4 is 5.32 Å². The van der Waals surface area contributed by atoms with Crippen molar-refractivity contribution in [3.05, 3.63) is 23.5 Å². The van der Waals surface area contributed by atoms with Crippen molar-refractivity contribution in [1.82, 2.24) is 9.88 Å². The third-order valence-corrected chi connectivity index (χ3v) is 5.10. The number of aliphatic carboxylic acids is 1. The Bertz CT molecular complexity index is 563. The summed E-state index contributed by atoms with van der Waals surface area (Å²) in [5, 5.41) is 12.4. The molecule has 0 spiro atoms. The van der Waals surface area contributed by atoms with Crippen LogP contribution in [0.3, 0.4) is 0 Å². The van der Waals surface area contributed by atoms with Crippen LogP contribution >= 0.6 is 0 Å². The Morgan fingerprint density at radius 3 is 2.60 bits per heavy atom. The normalized spacial score (nSPS) is 31.5. The van der Waals surface area contributed by atoms with Gasteiger partial charge >= 0.3 is 5.97 Å². The molecule has 20 heavy (non-hydrogen) atoms. The minimum Gasteiger partial charge on any atom is -0.481 e. The fraction of sp³-hybridized carbons (Fsp3) is 0.600. The molecular weight excluding hydrogens is 256 g/mol. The number of rotatable bonds is 3. The SMILES string of the molecule is Cc1ccc(C(=O)NC2C3CCC(C3)C2C(=O)O)n1C. The molecule has 2 saturated carbocycles. The van der Waals surface area contributed by atoms with Crippen molar-refractivity contribution < 1.29 is 14.7 Å². The van der Waals surface area contributed by atoms with Gasteiger partial charge in [0, 0.05) is 18.8 Å². The maximum atomic E-state index is 12.4. The zero-order chi connectivity index (χ0) is 14.4. The summed E-state index contributed by atoms with van der Waals surface area (Å²) in [5.74, 6) is -0.793. The lowest BCUT2D eigenvalue weighted by molar-refractivity contribution is -0.144. The van der Waals surface area contributed by atoms with E-state index in [9.17, 15) is 14.7 Å². The summed E-state index contributed by atoms with van der Waals surface area (Å²) in [6.45, 7) is 1.94. The van der Waals surface area contributed by atoms with Crippen LogP contribution in [0.5, 0.6) is 0 Å². The quantitative estimate of drug-likeness (QED) is 0.880. The fourth-order valence-electron chi connectivity index (χ4n) is 3.92. The fourth-order valence-corrected chi connectivity index (χ4v) is 3.92. The molecule has 2 N–H and O–H groups in total. The second kappa shape index (κ2) is 4.65. The first-order valence-corrected chi connectivity index (χ1v) is 7.15. The van der Waals surface area contributed by atoms with Crippen molar-refractivity contribution in [3.63, 3.8) is 0 Å². The number of nitrogens with one attached hydrogen (secondary N) is 1. The molecule has 5 heteroatoms. The molecule has 2 aliphatic rings. The molecule has 1 aromatic rings. The first-order valence-electron chi connectivity index (χ1n) is 7.15. The van der Waals surface area contributed by atoms with E-state index >= 15 is 0 Å². The molecular formula is C15H20N2O3. The van der Waals surface area contributed by atoms with Gasteiger partial charge < -0.3 is 15.0 Å². The summed E-state index contributed by atoms with van der Waals surface area (Å²) in [6.07, 6.45) is 2.96. The number of carboxylic acids is 1. The van der Waals surface area contributed by atoms with Gasteiger partial charge in [0.1, 0.15) is 5.69 Å². The molecule has 2 aliphatic carbocycles. The van der Waals surface area contributed by atoms with Crippen molar-refractivity contribution in [2.45, 2.75) is 32.2 Å². The van der Waals surface area contributed by atoms with Gasteiger partial charge in [0.25, 0.3) is 5.91 Å². The van der Waals surface area contributed by atoms with Crippen LogP contribution in [0.4, 0.5) is 0 Å². The molecule has 1 aromatic heterocycles. The topological polar surface area (TPSA) is 71.3 Å². The first-order chi connectivity index (χ1) is 9.49. The number of hydrogen-bond acceptors (Lipinski definition) is 2. The van der Waals surface area contributed by atoms with Crippen molar-refractivity contribution in [2.24, 2.45) is 24.8 Å². The molecule has 2 bridgehead atoms. The molecule has 2 fully saturated rings. The minimum absolute atomic E-state index is 0.163. The summed E-state index contributed by atoms with van der Waals surface area (Å²) >= 11 is 0. The smallest absolute Gasteiger partial charge is 0.308 e. The van der Waals surface area contributed by atoms with Gasteiger partial charge in [0.2, 0.25) is 0 Å². The van der Waals surface area contributed by atoms with Gasteiger partial charge in [-0.2, -0.15) is 0 Å². The second-order valence-electron chi connectivity index (χ2n) is 6.12. The third kappa shape index (κ3) is 1.92. The number of carbonyl (C=O) groups is 2. The van der Waals surface area contributed by atoms with E-state index in [2.05, 4.69) is 5.32 Å². The predicted molar refractivity (Wildman–Crippen MR) is 73.4 cm³/mol. The lowest BCUT2D eigenvalue weighted by Gasteiger charge is -2.28. The molecule has 108 valence electrons. The van der Waals surface area contributed by atoms with Crippen LogP contribution in [0.2, 0.25) is 0 Å². The molecule has 0 aromatic carbocycles. The van der Waals surface area contributed by atoms with E-state index in [0.29, 0.717) is 11.6 Å². The first kappa shape index (κ1) is 13.2. The van der Waals surface area contributed by atoms with Crippen LogP contribution in [0.25, 0.3) is 0 Å². The van der Waals surface area contributed by atoms with E-state index in [4.69, 9.17) is 0 Å². The minimum atomic E-state index is -0.773. The highest BCUT2D eigenvalue weighted by atomic mass is 16.4. The number of carbonyl (C=O) groups excluding carboxylic acids is 1. The summed E-state index contributed by atoms with van der Waals surface area (Å²) in [6, 6.07) is 3.46. The van der Waals surface area contributed by atoms with E-state index in [-0.39, 0.29) is 17.9 Å². The van der Waals surface area contributed by atoms with Crippen LogP contribution in [0.1, 0.15) is 35.4 Å². The number of carboxylic acid groups (broad SMARTS) is 1. The van der Waals surface area contributed by atoms with Crippen molar-refractivity contribution in [2.75, 3.05) is 0 Å². The maximum Gasteiger partial charge on any atom is 0.308 e. The summed E-state index contributed by atoms with van der Waals surface area (Å²) in [7, 11) is 1.85. The molecule has 4 unspecified atom stereocenters. The lowest BCUT2D eigenvalue weighted by Crippen LogP contribution is -2.47. The monoisotopic (exact) mass is 276 g/mol. The Kier molecular flexibility index (Phi) is 3.07. The van der Waals surface area contributed by atoms with E-state index in [1.54, 1.807) is 6.07 Å². The van der Waals surface area contributed by atoms with Crippen molar-refractivity contribution >= 4 is 11.9 Å². The van der Waals surface area contributed by atoms with Crippen LogP contribution in [0.15, 0.2) is 12.1 Å². The van der Waals surface area contributed by atoms with Gasteiger partial charge in [-0.05, 0) is 50.2 Å². The average molecular weight is 276 g/mol. The van der Waals surface area contributed by atoms with Crippen LogP contribution in [-0.4, -0.2) is 27.6 Å². The molecule has 1 heterocycles. The molecule has 5 nitrogen and oxygen atoms in total. The van der Waals surface area contributed by atoms with Gasteiger partial charge in [-0.25, -0.2) is 0 Å². The Balaban J connectivity index is 1.78. The molecule has 4 atom stereocenters. The Morgan fingerprint density at radius 2 is 2.00 bits per heavy atom. The number of fused-ring (bicyclic) bond motifs is 2. The van der Waals surface area contributed by atoms with E-state index < -0.39 is 11.9 Å².